The number of nitrogens with two attached hydrogens (primary N) is 1. The molecule has 138 valence electrons. The molecule has 2 aliphatic rings. The molecule has 5 nitrogen and oxygen atoms in total. The smallest absolute Gasteiger partial charge is 0.254 e. The fraction of sp³-hybridized carbons (Fsp3) is 0.579. The number of rotatable bonds is 4. The maximum atomic E-state index is 12.8. The molecule has 4 atom stereocenters. The second-order valence-electron chi connectivity index (χ2n) is 7.31. The molecule has 1 aromatic rings. The van der Waals surface area contributed by atoms with Crippen molar-refractivity contribution in [3.63, 3.8) is 0 Å². The Morgan fingerprint density at radius 3 is 2.44 bits per heavy atom. The molecule has 1 heterocycles. The minimum Gasteiger partial charge on any atom is -0.334 e. The lowest BCUT2D eigenvalue weighted by Gasteiger charge is -2.38. The number of nitrogens with one attached hydrogen (secondary N) is 1. The molecule has 4 unspecified atom stereocenters. The molecule has 1 saturated heterocycles. The predicted molar refractivity (Wildman–Crippen MR) is 102 cm³/mol. The molecule has 0 spiro atoms. The minimum absolute atomic E-state index is 0. The highest BCUT2D eigenvalue weighted by Gasteiger charge is 2.39. The van der Waals surface area contributed by atoms with Crippen LogP contribution < -0.4 is 11.1 Å². The summed E-state index contributed by atoms with van der Waals surface area (Å²) in [4.78, 5) is 26.7. The normalized spacial score (nSPS) is 26.4. The summed E-state index contributed by atoms with van der Waals surface area (Å²) < 4.78 is 0. The van der Waals surface area contributed by atoms with Gasteiger partial charge in [-0.25, -0.2) is 0 Å². The van der Waals surface area contributed by atoms with Crippen LogP contribution in [0.3, 0.4) is 0 Å². The van der Waals surface area contributed by atoms with Crippen molar-refractivity contribution in [3.8, 4) is 0 Å². The van der Waals surface area contributed by atoms with Crippen molar-refractivity contribution >= 4 is 29.9 Å². The van der Waals surface area contributed by atoms with Crippen LogP contribution in [0.1, 0.15) is 49.9 Å². The first-order valence-corrected chi connectivity index (χ1v) is 8.95. The van der Waals surface area contributed by atoms with Gasteiger partial charge in [0.1, 0.15) is 0 Å². The van der Waals surface area contributed by atoms with E-state index in [1.165, 1.54) is 0 Å². The number of nitrogens with zero attached hydrogens (tertiary/aromatic N) is 1. The quantitative estimate of drug-likeness (QED) is 0.861. The number of piperidine rings is 1. The summed E-state index contributed by atoms with van der Waals surface area (Å²) >= 11 is 0. The zero-order valence-corrected chi connectivity index (χ0v) is 15.7. The number of halogens is 1. The Morgan fingerprint density at radius 1 is 1.24 bits per heavy atom. The summed E-state index contributed by atoms with van der Waals surface area (Å²) in [5.41, 5.74) is 7.46. The fourth-order valence-corrected chi connectivity index (χ4v) is 3.54. The van der Waals surface area contributed by atoms with Crippen LogP contribution in [0, 0.1) is 11.8 Å². The van der Waals surface area contributed by atoms with E-state index < -0.39 is 0 Å². The van der Waals surface area contributed by atoms with Crippen molar-refractivity contribution in [2.45, 2.75) is 51.6 Å². The van der Waals surface area contributed by atoms with Gasteiger partial charge in [0.05, 0.1) is 0 Å². The van der Waals surface area contributed by atoms with E-state index >= 15 is 0 Å². The van der Waals surface area contributed by atoms with Gasteiger partial charge >= 0.3 is 0 Å². The van der Waals surface area contributed by atoms with E-state index in [2.05, 4.69) is 12.2 Å². The molecular weight excluding hydrogens is 338 g/mol. The molecule has 3 rings (SSSR count). The highest BCUT2D eigenvalue weighted by Crippen LogP contribution is 2.38. The van der Waals surface area contributed by atoms with Crippen LogP contribution in [0.15, 0.2) is 24.3 Å². The Morgan fingerprint density at radius 2 is 1.88 bits per heavy atom. The molecule has 0 radical (unpaired) electrons. The standard InChI is InChI=1S/C19H27N3O2.ClH/c1-12-11-16(12)18(23)21-15-8-6-14(7-9-15)19(24)22-10-4-3-5-17(22)13(2)20;/h6-9,12-13,16-17H,3-5,10-11,20H2,1-2H3,(H,21,23);1H. The number of anilines is 1. The van der Waals surface area contributed by atoms with Gasteiger partial charge < -0.3 is 16.0 Å². The van der Waals surface area contributed by atoms with Gasteiger partial charge in [0.2, 0.25) is 5.91 Å². The van der Waals surface area contributed by atoms with Gasteiger partial charge in [-0.05, 0) is 62.8 Å². The first-order chi connectivity index (χ1) is 11.5. The van der Waals surface area contributed by atoms with E-state index in [1.807, 2.05) is 24.0 Å². The third-order valence-corrected chi connectivity index (χ3v) is 5.26. The van der Waals surface area contributed by atoms with Gasteiger partial charge in [-0.3, -0.25) is 9.59 Å². The second kappa shape index (κ2) is 8.19. The highest BCUT2D eigenvalue weighted by atomic mass is 35.5. The number of benzene rings is 1. The fourth-order valence-electron chi connectivity index (χ4n) is 3.54. The van der Waals surface area contributed by atoms with Crippen molar-refractivity contribution < 1.29 is 9.59 Å². The van der Waals surface area contributed by atoms with Crippen LogP contribution in [-0.4, -0.2) is 35.3 Å². The maximum absolute atomic E-state index is 12.8. The summed E-state index contributed by atoms with van der Waals surface area (Å²) in [6.45, 7) is 4.82. The number of carbonyl (C=O) groups excluding carboxylic acids is 2. The van der Waals surface area contributed by atoms with Crippen molar-refractivity contribution in [2.24, 2.45) is 17.6 Å². The van der Waals surface area contributed by atoms with Crippen molar-refractivity contribution in [3.05, 3.63) is 29.8 Å². The maximum Gasteiger partial charge on any atom is 0.254 e. The van der Waals surface area contributed by atoms with E-state index in [0.29, 0.717) is 11.5 Å². The third-order valence-electron chi connectivity index (χ3n) is 5.26. The Hall–Kier alpha value is -1.59. The van der Waals surface area contributed by atoms with Crippen LogP contribution in [0.5, 0.6) is 0 Å². The molecular formula is C19H28ClN3O2. The lowest BCUT2D eigenvalue weighted by Crippen LogP contribution is -2.51. The van der Waals surface area contributed by atoms with Gasteiger partial charge in [0.25, 0.3) is 5.91 Å². The summed E-state index contributed by atoms with van der Waals surface area (Å²) in [6, 6.07) is 7.30. The first-order valence-electron chi connectivity index (χ1n) is 8.95. The lowest BCUT2D eigenvalue weighted by atomic mass is 9.96. The van der Waals surface area contributed by atoms with Crippen LogP contribution in [0.4, 0.5) is 5.69 Å². The topological polar surface area (TPSA) is 75.4 Å². The van der Waals surface area contributed by atoms with Gasteiger partial charge in [0.15, 0.2) is 0 Å². The van der Waals surface area contributed by atoms with Crippen LogP contribution in [0.25, 0.3) is 0 Å². The number of likely N-dealkylation sites (tertiary alicyclic amines) is 1. The van der Waals surface area contributed by atoms with E-state index in [4.69, 9.17) is 5.73 Å². The zero-order valence-electron chi connectivity index (χ0n) is 14.9. The molecule has 25 heavy (non-hydrogen) atoms. The minimum atomic E-state index is -0.0201. The molecule has 1 aromatic carbocycles. The van der Waals surface area contributed by atoms with Crippen LogP contribution in [0.2, 0.25) is 0 Å². The largest absolute Gasteiger partial charge is 0.334 e. The molecule has 6 heteroatoms. The van der Waals surface area contributed by atoms with E-state index in [9.17, 15) is 9.59 Å². The highest BCUT2D eigenvalue weighted by molar-refractivity contribution is 5.97. The number of hydrogen-bond acceptors (Lipinski definition) is 3. The number of hydrogen-bond donors (Lipinski definition) is 2. The molecule has 2 fully saturated rings. The number of amides is 2. The first kappa shape index (κ1) is 19.7. The molecule has 2 amide bonds. The lowest BCUT2D eigenvalue weighted by molar-refractivity contribution is -0.117. The molecule has 1 saturated carbocycles. The van der Waals surface area contributed by atoms with Crippen molar-refractivity contribution in [2.75, 3.05) is 11.9 Å². The van der Waals surface area contributed by atoms with Crippen LogP contribution in [-0.2, 0) is 4.79 Å². The number of carbonyl (C=O) groups is 2. The Bertz CT molecular complexity index is 618. The molecule has 1 aliphatic heterocycles. The van der Waals surface area contributed by atoms with Crippen molar-refractivity contribution in [1.82, 2.24) is 4.90 Å². The summed E-state index contributed by atoms with van der Waals surface area (Å²) in [5, 5.41) is 2.92. The van der Waals surface area contributed by atoms with Gasteiger partial charge in [-0.15, -0.1) is 12.4 Å². The van der Waals surface area contributed by atoms with E-state index in [-0.39, 0.29) is 42.2 Å². The summed E-state index contributed by atoms with van der Waals surface area (Å²) in [7, 11) is 0. The Kier molecular flexibility index (Phi) is 6.47. The van der Waals surface area contributed by atoms with Gasteiger partial charge in [-0.2, -0.15) is 0 Å². The van der Waals surface area contributed by atoms with Gasteiger partial charge in [0, 0.05) is 35.8 Å². The summed E-state index contributed by atoms with van der Waals surface area (Å²) in [5.74, 6) is 0.743. The van der Waals surface area contributed by atoms with Gasteiger partial charge in [-0.1, -0.05) is 6.92 Å². The Labute approximate surface area is 155 Å². The average Bonchev–Trinajstić information content (AvgIpc) is 3.32. The van der Waals surface area contributed by atoms with E-state index in [0.717, 1.165) is 37.9 Å². The van der Waals surface area contributed by atoms with Crippen LogP contribution >= 0.6 is 12.4 Å². The zero-order chi connectivity index (χ0) is 17.3. The SMILES string of the molecule is CC(N)C1CCCCN1C(=O)c1ccc(NC(=O)C2CC2C)cc1.Cl. The second-order valence-corrected chi connectivity index (χ2v) is 7.31. The molecule has 1 aliphatic carbocycles. The Balaban J connectivity index is 0.00000225. The summed E-state index contributed by atoms with van der Waals surface area (Å²) in [6.07, 6.45) is 4.09. The van der Waals surface area contributed by atoms with Crippen molar-refractivity contribution in [1.29, 1.82) is 0 Å². The predicted octanol–water partition coefficient (Wildman–Crippen LogP) is 3.04. The molecule has 0 bridgehead atoms. The molecule has 3 N–H and O–H groups in total. The monoisotopic (exact) mass is 365 g/mol. The molecule has 0 aromatic heterocycles. The van der Waals surface area contributed by atoms with E-state index in [1.54, 1.807) is 12.1 Å². The average molecular weight is 366 g/mol. The third kappa shape index (κ3) is 4.53.